The summed E-state index contributed by atoms with van der Waals surface area (Å²) in [5.74, 6) is 1.60. The van der Waals surface area contributed by atoms with Crippen LogP contribution in [0.3, 0.4) is 0 Å². The van der Waals surface area contributed by atoms with Gasteiger partial charge in [-0.2, -0.15) is 5.26 Å². The zero-order chi connectivity index (χ0) is 20.9. The molecule has 4 aromatic rings. The first-order valence-corrected chi connectivity index (χ1v) is 9.71. The van der Waals surface area contributed by atoms with Crippen LogP contribution in [0.4, 0.5) is 0 Å². The summed E-state index contributed by atoms with van der Waals surface area (Å²) in [5, 5.41) is 9.59. The first-order chi connectivity index (χ1) is 14.7. The molecular formula is C26H22N2O2. The number of hydrogen-bond acceptors (Lipinski definition) is 3. The van der Waals surface area contributed by atoms with E-state index in [4.69, 9.17) is 9.47 Å². The fourth-order valence-corrected chi connectivity index (χ4v) is 3.70. The van der Waals surface area contributed by atoms with Crippen molar-refractivity contribution in [1.82, 2.24) is 4.98 Å². The van der Waals surface area contributed by atoms with E-state index in [-0.39, 0.29) is 0 Å². The second-order valence-corrected chi connectivity index (χ2v) is 6.89. The lowest BCUT2D eigenvalue weighted by molar-refractivity contribution is 0.414. The van der Waals surface area contributed by atoms with E-state index in [1.807, 2.05) is 66.7 Å². The Morgan fingerprint density at radius 3 is 1.77 bits per heavy atom. The predicted molar refractivity (Wildman–Crippen MR) is 120 cm³/mol. The predicted octanol–water partition coefficient (Wildman–Crippen LogP) is 6.10. The van der Waals surface area contributed by atoms with Gasteiger partial charge in [0.2, 0.25) is 0 Å². The Morgan fingerprint density at radius 2 is 1.23 bits per heavy atom. The van der Waals surface area contributed by atoms with Crippen molar-refractivity contribution in [3.8, 4) is 51.2 Å². The molecule has 0 aliphatic heterocycles. The smallest absolute Gasteiger partial charge is 0.118 e. The van der Waals surface area contributed by atoms with Crippen LogP contribution in [0, 0.1) is 11.3 Å². The molecule has 1 aromatic heterocycles. The maximum Gasteiger partial charge on any atom is 0.118 e. The fourth-order valence-electron chi connectivity index (χ4n) is 3.70. The molecule has 0 atom stereocenters. The van der Waals surface area contributed by atoms with Crippen molar-refractivity contribution in [3.05, 3.63) is 84.4 Å². The average molecular weight is 394 g/mol. The molecule has 0 unspecified atom stereocenters. The summed E-state index contributed by atoms with van der Waals surface area (Å²) in [4.78, 5) is 3.61. The van der Waals surface area contributed by atoms with Gasteiger partial charge in [0.05, 0.1) is 38.1 Å². The number of methoxy groups -OCH3 is 2. The summed E-state index contributed by atoms with van der Waals surface area (Å²) in [7, 11) is 3.31. The Hall–Kier alpha value is -3.97. The minimum atomic E-state index is 0.304. The van der Waals surface area contributed by atoms with Gasteiger partial charge in [-0.25, -0.2) is 0 Å². The molecule has 4 rings (SSSR count). The van der Waals surface area contributed by atoms with Gasteiger partial charge in [-0.15, -0.1) is 0 Å². The highest BCUT2D eigenvalue weighted by atomic mass is 16.5. The number of rotatable bonds is 6. The molecule has 4 heteroatoms. The van der Waals surface area contributed by atoms with Crippen molar-refractivity contribution >= 4 is 0 Å². The molecule has 0 radical (unpaired) electrons. The number of aromatic nitrogens is 1. The number of aromatic amines is 1. The average Bonchev–Trinajstić information content (AvgIpc) is 3.19. The van der Waals surface area contributed by atoms with Gasteiger partial charge in [-0.05, 0) is 53.1 Å². The zero-order valence-electron chi connectivity index (χ0n) is 17.0. The van der Waals surface area contributed by atoms with Crippen molar-refractivity contribution < 1.29 is 9.47 Å². The normalized spacial score (nSPS) is 10.4. The highest BCUT2D eigenvalue weighted by molar-refractivity contribution is 5.90. The Labute approximate surface area is 176 Å². The highest BCUT2D eigenvalue weighted by Gasteiger charge is 2.21. The van der Waals surface area contributed by atoms with Crippen LogP contribution < -0.4 is 9.47 Å². The third kappa shape index (κ3) is 3.66. The lowest BCUT2D eigenvalue weighted by Crippen LogP contribution is -1.90. The maximum absolute atomic E-state index is 9.59. The number of H-pyrrole nitrogens is 1. The van der Waals surface area contributed by atoms with E-state index in [1.54, 1.807) is 14.2 Å². The minimum absolute atomic E-state index is 0.304. The Balaban J connectivity index is 1.97. The number of nitrogens with zero attached hydrogens (tertiary/aromatic N) is 1. The number of nitriles is 1. The summed E-state index contributed by atoms with van der Waals surface area (Å²) in [6.07, 6.45) is 0.304. The van der Waals surface area contributed by atoms with Crippen molar-refractivity contribution in [2.75, 3.05) is 14.2 Å². The fraction of sp³-hybridized carbons (Fsp3) is 0.115. The van der Waals surface area contributed by atoms with E-state index >= 15 is 0 Å². The lowest BCUT2D eigenvalue weighted by Gasteiger charge is -2.09. The third-order valence-electron chi connectivity index (χ3n) is 5.18. The quantitative estimate of drug-likeness (QED) is 0.430. The van der Waals surface area contributed by atoms with E-state index in [0.29, 0.717) is 6.42 Å². The molecule has 0 bridgehead atoms. The number of hydrogen-bond donors (Lipinski definition) is 1. The van der Waals surface area contributed by atoms with Crippen LogP contribution >= 0.6 is 0 Å². The number of benzene rings is 3. The van der Waals surface area contributed by atoms with Gasteiger partial charge in [0.1, 0.15) is 11.5 Å². The first kappa shape index (κ1) is 19.4. The van der Waals surface area contributed by atoms with Crippen LogP contribution in [-0.2, 0) is 6.42 Å². The van der Waals surface area contributed by atoms with Crippen LogP contribution in [0.1, 0.15) is 5.56 Å². The zero-order valence-corrected chi connectivity index (χ0v) is 17.0. The van der Waals surface area contributed by atoms with Gasteiger partial charge in [-0.3, -0.25) is 0 Å². The SMILES string of the molecule is COc1ccc(-c2[nH]c(-c3ccccc3)c(CC#N)c2-c2ccc(OC)cc2)cc1. The molecule has 0 saturated heterocycles. The van der Waals surface area contributed by atoms with Crippen molar-refractivity contribution in [1.29, 1.82) is 5.26 Å². The first-order valence-electron chi connectivity index (χ1n) is 9.71. The van der Waals surface area contributed by atoms with Gasteiger partial charge in [0, 0.05) is 11.1 Å². The molecule has 0 spiro atoms. The Kier molecular flexibility index (Phi) is 5.54. The van der Waals surface area contributed by atoms with E-state index in [1.165, 1.54) is 0 Å². The van der Waals surface area contributed by atoms with Gasteiger partial charge in [0.25, 0.3) is 0 Å². The lowest BCUT2D eigenvalue weighted by atomic mass is 9.94. The van der Waals surface area contributed by atoms with Crippen LogP contribution in [0.5, 0.6) is 11.5 Å². The van der Waals surface area contributed by atoms with Crippen LogP contribution in [0.25, 0.3) is 33.6 Å². The highest BCUT2D eigenvalue weighted by Crippen LogP contribution is 2.41. The van der Waals surface area contributed by atoms with Crippen molar-refractivity contribution in [3.63, 3.8) is 0 Å². The number of ether oxygens (including phenoxy) is 2. The molecule has 3 aromatic carbocycles. The molecular weight excluding hydrogens is 372 g/mol. The number of nitrogens with one attached hydrogen (secondary N) is 1. The van der Waals surface area contributed by atoms with Crippen LogP contribution in [0.15, 0.2) is 78.9 Å². The van der Waals surface area contributed by atoms with Gasteiger partial charge < -0.3 is 14.5 Å². The summed E-state index contributed by atoms with van der Waals surface area (Å²) >= 11 is 0. The monoisotopic (exact) mass is 394 g/mol. The van der Waals surface area contributed by atoms with Crippen LogP contribution in [0.2, 0.25) is 0 Å². The minimum Gasteiger partial charge on any atom is -0.497 e. The second kappa shape index (κ2) is 8.59. The van der Waals surface area contributed by atoms with Crippen molar-refractivity contribution in [2.45, 2.75) is 6.42 Å². The summed E-state index contributed by atoms with van der Waals surface area (Å²) < 4.78 is 10.6. The van der Waals surface area contributed by atoms with E-state index in [2.05, 4.69) is 23.2 Å². The molecule has 0 aliphatic carbocycles. The van der Waals surface area contributed by atoms with Crippen LogP contribution in [-0.4, -0.2) is 19.2 Å². The summed E-state index contributed by atoms with van der Waals surface area (Å²) in [6.45, 7) is 0. The molecule has 1 N–H and O–H groups in total. The molecule has 0 aliphatic rings. The largest absolute Gasteiger partial charge is 0.497 e. The second-order valence-electron chi connectivity index (χ2n) is 6.89. The van der Waals surface area contributed by atoms with Gasteiger partial charge >= 0.3 is 0 Å². The van der Waals surface area contributed by atoms with E-state index in [9.17, 15) is 5.26 Å². The molecule has 0 saturated carbocycles. The molecule has 30 heavy (non-hydrogen) atoms. The Morgan fingerprint density at radius 1 is 0.700 bits per heavy atom. The molecule has 148 valence electrons. The molecule has 0 fully saturated rings. The molecule has 4 nitrogen and oxygen atoms in total. The summed E-state index contributed by atoms with van der Waals surface area (Å²) in [5.41, 5.74) is 7.08. The van der Waals surface area contributed by atoms with Gasteiger partial charge in [0.15, 0.2) is 0 Å². The van der Waals surface area contributed by atoms with E-state index in [0.717, 1.165) is 50.7 Å². The standard InChI is InChI=1S/C26H22N2O2/c1-29-21-12-8-18(9-13-21)24-23(16-17-27)25(19-6-4-3-5-7-19)28-26(24)20-10-14-22(30-2)15-11-20/h3-15,28H,16H2,1-2H3. The molecule has 0 amide bonds. The Bertz CT molecular complexity index is 1170. The summed E-state index contributed by atoms with van der Waals surface area (Å²) in [6, 6.07) is 28.4. The van der Waals surface area contributed by atoms with Crippen molar-refractivity contribution in [2.24, 2.45) is 0 Å². The molecule has 1 heterocycles. The topological polar surface area (TPSA) is 58.0 Å². The third-order valence-corrected chi connectivity index (χ3v) is 5.18. The maximum atomic E-state index is 9.59. The van der Waals surface area contributed by atoms with Gasteiger partial charge in [-0.1, -0.05) is 42.5 Å². The van der Waals surface area contributed by atoms with E-state index < -0.39 is 0 Å².